The molecule has 28 heavy (non-hydrogen) atoms. The zero-order valence-corrected chi connectivity index (χ0v) is 16.2. The summed E-state index contributed by atoms with van der Waals surface area (Å²) in [5, 5.41) is 13.5. The second-order valence-corrected chi connectivity index (χ2v) is 7.03. The van der Waals surface area contributed by atoms with Crippen LogP contribution in [0.15, 0.2) is 91.0 Å². The first-order valence-corrected chi connectivity index (χ1v) is 9.85. The molecule has 3 heteroatoms. The van der Waals surface area contributed by atoms with E-state index in [0.29, 0.717) is 6.42 Å². The highest BCUT2D eigenvalue weighted by atomic mass is 16.4. The number of carboxylic acids is 1. The molecule has 0 aliphatic carbocycles. The fraction of sp³-hybridized carbons (Fsp3) is 0.240. The number of nitrogens with one attached hydrogen (secondary N) is 1. The van der Waals surface area contributed by atoms with Crippen molar-refractivity contribution in [3.63, 3.8) is 0 Å². The molecule has 3 aromatic rings. The summed E-state index contributed by atoms with van der Waals surface area (Å²) in [6, 6.07) is 29.7. The largest absolute Gasteiger partial charge is 0.480 e. The lowest BCUT2D eigenvalue weighted by Crippen LogP contribution is -2.52. The van der Waals surface area contributed by atoms with Gasteiger partial charge in [0.05, 0.1) is 5.54 Å². The molecule has 3 rings (SSSR count). The van der Waals surface area contributed by atoms with Gasteiger partial charge in [-0.25, -0.2) is 0 Å². The standard InChI is InChI=1S/C25H27NO2/c1-2-3-19-23(24(27)28)26-25(20-13-7-4-8-14-20,21-15-9-5-10-16-21)22-17-11-6-12-18-22/h4-18,23,26H,2-3,19H2,1H3,(H,27,28). The smallest absolute Gasteiger partial charge is 0.320 e. The molecule has 0 saturated carbocycles. The first-order chi connectivity index (χ1) is 13.7. The second kappa shape index (κ2) is 9.34. The monoisotopic (exact) mass is 373 g/mol. The highest BCUT2D eigenvalue weighted by molar-refractivity contribution is 5.74. The molecule has 1 atom stereocenters. The van der Waals surface area contributed by atoms with Crippen LogP contribution in [0, 0.1) is 0 Å². The van der Waals surface area contributed by atoms with Crippen LogP contribution in [-0.2, 0) is 10.3 Å². The van der Waals surface area contributed by atoms with Crippen LogP contribution >= 0.6 is 0 Å². The third-order valence-corrected chi connectivity index (χ3v) is 5.16. The van der Waals surface area contributed by atoms with E-state index in [1.807, 2.05) is 54.6 Å². The zero-order chi connectivity index (χ0) is 19.8. The first kappa shape index (κ1) is 19.8. The van der Waals surface area contributed by atoms with E-state index in [4.69, 9.17) is 0 Å². The summed E-state index contributed by atoms with van der Waals surface area (Å²) in [7, 11) is 0. The predicted octanol–water partition coefficient (Wildman–Crippen LogP) is 5.21. The van der Waals surface area contributed by atoms with Gasteiger partial charge in [0.1, 0.15) is 6.04 Å². The number of aliphatic carboxylic acids is 1. The Labute approximate surface area is 167 Å². The molecule has 0 spiro atoms. The fourth-order valence-electron chi connectivity index (χ4n) is 3.74. The summed E-state index contributed by atoms with van der Waals surface area (Å²) in [5.41, 5.74) is 2.32. The molecule has 0 heterocycles. The summed E-state index contributed by atoms with van der Waals surface area (Å²) in [6.45, 7) is 2.08. The number of benzene rings is 3. The van der Waals surface area contributed by atoms with E-state index in [1.54, 1.807) is 0 Å². The number of carbonyl (C=O) groups is 1. The van der Waals surface area contributed by atoms with E-state index in [0.717, 1.165) is 29.5 Å². The topological polar surface area (TPSA) is 49.3 Å². The van der Waals surface area contributed by atoms with Gasteiger partial charge >= 0.3 is 5.97 Å². The molecule has 0 aromatic heterocycles. The lowest BCUT2D eigenvalue weighted by Gasteiger charge is -2.39. The SMILES string of the molecule is CCCCC(NC(c1ccccc1)(c1ccccc1)c1ccccc1)C(=O)O. The Kier molecular flexibility index (Phi) is 6.62. The van der Waals surface area contributed by atoms with Gasteiger partial charge in [-0.15, -0.1) is 0 Å². The van der Waals surface area contributed by atoms with Crippen LogP contribution in [0.3, 0.4) is 0 Å². The van der Waals surface area contributed by atoms with Crippen LogP contribution in [0.25, 0.3) is 0 Å². The van der Waals surface area contributed by atoms with Gasteiger partial charge in [-0.3, -0.25) is 10.1 Å². The Balaban J connectivity index is 2.23. The molecule has 3 nitrogen and oxygen atoms in total. The van der Waals surface area contributed by atoms with Crippen LogP contribution < -0.4 is 5.32 Å². The van der Waals surface area contributed by atoms with E-state index in [-0.39, 0.29) is 0 Å². The molecule has 2 N–H and O–H groups in total. The van der Waals surface area contributed by atoms with Gasteiger partial charge in [0, 0.05) is 0 Å². The average Bonchev–Trinajstić information content (AvgIpc) is 2.76. The molecular weight excluding hydrogens is 346 g/mol. The van der Waals surface area contributed by atoms with Crippen molar-refractivity contribution in [2.45, 2.75) is 37.8 Å². The number of carboxylic acid groups (broad SMARTS) is 1. The second-order valence-electron chi connectivity index (χ2n) is 7.03. The minimum atomic E-state index is -0.819. The maximum absolute atomic E-state index is 12.1. The van der Waals surface area contributed by atoms with E-state index < -0.39 is 17.6 Å². The number of hydrogen-bond acceptors (Lipinski definition) is 2. The molecule has 0 aliphatic heterocycles. The Bertz CT molecular complexity index is 766. The van der Waals surface area contributed by atoms with E-state index in [2.05, 4.69) is 48.6 Å². The van der Waals surface area contributed by atoms with Gasteiger partial charge in [-0.1, -0.05) is 111 Å². The summed E-state index contributed by atoms with van der Waals surface area (Å²) >= 11 is 0. The van der Waals surface area contributed by atoms with Crippen molar-refractivity contribution >= 4 is 5.97 Å². The molecule has 3 aromatic carbocycles. The Morgan fingerprint density at radius 3 is 1.54 bits per heavy atom. The summed E-state index contributed by atoms with van der Waals surface area (Å²) < 4.78 is 0. The lowest BCUT2D eigenvalue weighted by molar-refractivity contribution is -0.140. The highest BCUT2D eigenvalue weighted by Gasteiger charge is 2.39. The molecule has 0 fully saturated rings. The number of rotatable bonds is 9. The van der Waals surface area contributed by atoms with Crippen LogP contribution in [0.5, 0.6) is 0 Å². The number of unbranched alkanes of at least 4 members (excludes halogenated alkanes) is 1. The quantitative estimate of drug-likeness (QED) is 0.506. The van der Waals surface area contributed by atoms with Crippen molar-refractivity contribution in [2.75, 3.05) is 0 Å². The van der Waals surface area contributed by atoms with E-state index in [9.17, 15) is 9.90 Å². The van der Waals surface area contributed by atoms with Crippen LogP contribution in [-0.4, -0.2) is 17.1 Å². The maximum Gasteiger partial charge on any atom is 0.320 e. The average molecular weight is 373 g/mol. The van der Waals surface area contributed by atoms with Crippen LogP contribution in [0.4, 0.5) is 0 Å². The van der Waals surface area contributed by atoms with Crippen molar-refractivity contribution in [2.24, 2.45) is 0 Å². The minimum absolute atomic E-state index is 0.583. The van der Waals surface area contributed by atoms with E-state index in [1.165, 1.54) is 0 Å². The first-order valence-electron chi connectivity index (χ1n) is 9.85. The van der Waals surface area contributed by atoms with Gasteiger partial charge in [0.15, 0.2) is 0 Å². The third kappa shape index (κ3) is 4.15. The lowest BCUT2D eigenvalue weighted by atomic mass is 9.76. The summed E-state index contributed by atoms with van der Waals surface area (Å²) in [4.78, 5) is 12.1. The van der Waals surface area contributed by atoms with Gasteiger partial charge in [-0.05, 0) is 23.1 Å². The Morgan fingerprint density at radius 1 is 0.821 bits per heavy atom. The van der Waals surface area contributed by atoms with Crippen LogP contribution in [0.2, 0.25) is 0 Å². The molecule has 0 radical (unpaired) electrons. The van der Waals surface area contributed by atoms with Crippen molar-refractivity contribution < 1.29 is 9.90 Å². The Morgan fingerprint density at radius 2 is 1.21 bits per heavy atom. The van der Waals surface area contributed by atoms with Gasteiger partial charge in [0.25, 0.3) is 0 Å². The van der Waals surface area contributed by atoms with Crippen molar-refractivity contribution in [3.8, 4) is 0 Å². The van der Waals surface area contributed by atoms with Crippen LogP contribution in [0.1, 0.15) is 42.9 Å². The van der Waals surface area contributed by atoms with Crippen molar-refractivity contribution in [3.05, 3.63) is 108 Å². The molecular formula is C25H27NO2. The van der Waals surface area contributed by atoms with Gasteiger partial charge in [0.2, 0.25) is 0 Å². The predicted molar refractivity (Wildman–Crippen MR) is 113 cm³/mol. The number of hydrogen-bond donors (Lipinski definition) is 2. The molecule has 1 unspecified atom stereocenters. The van der Waals surface area contributed by atoms with Gasteiger partial charge in [-0.2, -0.15) is 0 Å². The van der Waals surface area contributed by atoms with Crippen molar-refractivity contribution in [1.82, 2.24) is 5.32 Å². The van der Waals surface area contributed by atoms with E-state index >= 15 is 0 Å². The minimum Gasteiger partial charge on any atom is -0.480 e. The maximum atomic E-state index is 12.1. The fourth-order valence-corrected chi connectivity index (χ4v) is 3.74. The zero-order valence-electron chi connectivity index (χ0n) is 16.2. The summed E-state index contributed by atoms with van der Waals surface area (Å²) in [6.07, 6.45) is 2.40. The molecule has 0 saturated heterocycles. The highest BCUT2D eigenvalue weighted by Crippen LogP contribution is 2.37. The molecule has 0 bridgehead atoms. The molecule has 0 amide bonds. The van der Waals surface area contributed by atoms with Gasteiger partial charge < -0.3 is 5.11 Å². The Hall–Kier alpha value is -2.91. The molecule has 144 valence electrons. The molecule has 0 aliphatic rings. The summed E-state index contributed by atoms with van der Waals surface area (Å²) in [5.74, 6) is -0.819. The normalized spacial score (nSPS) is 12.5. The third-order valence-electron chi connectivity index (χ3n) is 5.16. The van der Waals surface area contributed by atoms with Crippen molar-refractivity contribution in [1.29, 1.82) is 0 Å².